The fourth-order valence-corrected chi connectivity index (χ4v) is 2.33. The SMILES string of the molecule is Fc1ccc(Oc2nc3ccccc3nc2Oc2ccc(F)cc2)cc1. The molecule has 0 aliphatic carbocycles. The zero-order valence-electron chi connectivity index (χ0n) is 13.4. The van der Waals surface area contributed by atoms with E-state index in [-0.39, 0.29) is 23.4 Å². The molecule has 0 saturated heterocycles. The summed E-state index contributed by atoms with van der Waals surface area (Å²) in [5, 5.41) is 0. The van der Waals surface area contributed by atoms with Crippen LogP contribution in [0.1, 0.15) is 0 Å². The first-order valence-corrected chi connectivity index (χ1v) is 7.81. The molecule has 0 bridgehead atoms. The lowest BCUT2D eigenvalue weighted by Gasteiger charge is -2.11. The quantitative estimate of drug-likeness (QED) is 0.488. The van der Waals surface area contributed by atoms with Crippen LogP contribution in [-0.4, -0.2) is 9.97 Å². The van der Waals surface area contributed by atoms with Crippen LogP contribution < -0.4 is 9.47 Å². The van der Waals surface area contributed by atoms with Gasteiger partial charge in [0.15, 0.2) is 0 Å². The molecule has 0 fully saturated rings. The maximum Gasteiger partial charge on any atom is 0.284 e. The van der Waals surface area contributed by atoms with E-state index in [4.69, 9.17) is 9.47 Å². The number of hydrogen-bond acceptors (Lipinski definition) is 4. The van der Waals surface area contributed by atoms with Crippen molar-refractivity contribution in [1.29, 1.82) is 0 Å². The van der Waals surface area contributed by atoms with Gasteiger partial charge in [0.05, 0.1) is 11.0 Å². The Morgan fingerprint density at radius 2 is 0.923 bits per heavy atom. The van der Waals surface area contributed by atoms with E-state index < -0.39 is 0 Å². The Labute approximate surface area is 147 Å². The minimum absolute atomic E-state index is 0.125. The lowest BCUT2D eigenvalue weighted by atomic mass is 10.3. The van der Waals surface area contributed by atoms with E-state index in [1.54, 1.807) is 12.1 Å². The standard InChI is InChI=1S/C20H12F2N2O2/c21-13-5-9-15(10-6-13)25-19-20(26-16-11-7-14(22)8-12-16)24-18-4-2-1-3-17(18)23-19/h1-12H. The van der Waals surface area contributed by atoms with Crippen LogP contribution in [0.2, 0.25) is 0 Å². The first-order valence-electron chi connectivity index (χ1n) is 7.81. The number of para-hydroxylation sites is 2. The third-order valence-electron chi connectivity index (χ3n) is 3.57. The van der Waals surface area contributed by atoms with Gasteiger partial charge in [-0.25, -0.2) is 18.7 Å². The van der Waals surface area contributed by atoms with Gasteiger partial charge in [-0.2, -0.15) is 0 Å². The molecule has 0 radical (unpaired) electrons. The van der Waals surface area contributed by atoms with Crippen LogP contribution in [0.4, 0.5) is 8.78 Å². The average molecular weight is 350 g/mol. The van der Waals surface area contributed by atoms with Gasteiger partial charge in [-0.05, 0) is 60.7 Å². The first-order chi connectivity index (χ1) is 12.7. The highest BCUT2D eigenvalue weighted by Gasteiger charge is 2.14. The minimum Gasteiger partial charge on any atom is -0.435 e. The van der Waals surface area contributed by atoms with Crippen LogP contribution in [0.25, 0.3) is 11.0 Å². The van der Waals surface area contributed by atoms with E-state index in [1.165, 1.54) is 48.5 Å². The van der Waals surface area contributed by atoms with E-state index in [9.17, 15) is 8.78 Å². The molecule has 1 aromatic heterocycles. The number of fused-ring (bicyclic) bond motifs is 1. The summed E-state index contributed by atoms with van der Waals surface area (Å²) < 4.78 is 37.6. The molecule has 0 saturated carbocycles. The molecule has 0 aliphatic rings. The third-order valence-corrected chi connectivity index (χ3v) is 3.57. The lowest BCUT2D eigenvalue weighted by molar-refractivity contribution is 0.394. The molecule has 128 valence electrons. The van der Waals surface area contributed by atoms with Gasteiger partial charge in [0.2, 0.25) is 0 Å². The molecule has 0 atom stereocenters. The normalized spacial score (nSPS) is 10.7. The number of ether oxygens (including phenoxy) is 2. The predicted octanol–water partition coefficient (Wildman–Crippen LogP) is 5.49. The Kier molecular flexibility index (Phi) is 4.15. The smallest absolute Gasteiger partial charge is 0.284 e. The van der Waals surface area contributed by atoms with Gasteiger partial charge in [0, 0.05) is 0 Å². The van der Waals surface area contributed by atoms with Crippen LogP contribution in [-0.2, 0) is 0 Å². The molecule has 4 nitrogen and oxygen atoms in total. The molecule has 3 aromatic carbocycles. The number of rotatable bonds is 4. The Morgan fingerprint density at radius 1 is 0.538 bits per heavy atom. The summed E-state index contributed by atoms with van der Waals surface area (Å²) >= 11 is 0. The van der Waals surface area contributed by atoms with Crippen molar-refractivity contribution in [2.24, 2.45) is 0 Å². The fraction of sp³-hybridized carbons (Fsp3) is 0. The maximum atomic E-state index is 13.1. The molecule has 0 amide bonds. The molecule has 26 heavy (non-hydrogen) atoms. The van der Waals surface area contributed by atoms with Gasteiger partial charge in [-0.3, -0.25) is 0 Å². The van der Waals surface area contributed by atoms with Crippen molar-refractivity contribution in [2.45, 2.75) is 0 Å². The van der Waals surface area contributed by atoms with Gasteiger partial charge < -0.3 is 9.47 Å². The molecule has 0 N–H and O–H groups in total. The van der Waals surface area contributed by atoms with E-state index in [0.29, 0.717) is 22.5 Å². The van der Waals surface area contributed by atoms with Crippen molar-refractivity contribution < 1.29 is 18.3 Å². The molecule has 0 spiro atoms. The zero-order chi connectivity index (χ0) is 17.9. The maximum absolute atomic E-state index is 13.1. The second-order valence-corrected chi connectivity index (χ2v) is 5.43. The van der Waals surface area contributed by atoms with Crippen LogP contribution >= 0.6 is 0 Å². The zero-order valence-corrected chi connectivity index (χ0v) is 13.4. The summed E-state index contributed by atoms with van der Waals surface area (Å²) in [6.45, 7) is 0. The summed E-state index contributed by atoms with van der Waals surface area (Å²) in [6, 6.07) is 18.3. The molecule has 0 unspecified atom stereocenters. The minimum atomic E-state index is -0.371. The number of aromatic nitrogens is 2. The number of halogens is 2. The van der Waals surface area contributed by atoms with Crippen molar-refractivity contribution in [3.63, 3.8) is 0 Å². The first kappa shape index (κ1) is 16.0. The van der Waals surface area contributed by atoms with Crippen molar-refractivity contribution in [2.75, 3.05) is 0 Å². The van der Waals surface area contributed by atoms with Gasteiger partial charge in [0.1, 0.15) is 23.1 Å². The number of nitrogens with zero attached hydrogens (tertiary/aromatic N) is 2. The van der Waals surface area contributed by atoms with Gasteiger partial charge in [0.25, 0.3) is 11.8 Å². The van der Waals surface area contributed by atoms with E-state index in [0.717, 1.165) is 0 Å². The van der Waals surface area contributed by atoms with Crippen LogP contribution in [0, 0.1) is 11.6 Å². The Bertz CT molecular complexity index is 966. The average Bonchev–Trinajstić information content (AvgIpc) is 2.66. The monoisotopic (exact) mass is 350 g/mol. The Morgan fingerprint density at radius 3 is 1.31 bits per heavy atom. The van der Waals surface area contributed by atoms with Crippen molar-refractivity contribution in [3.05, 3.63) is 84.4 Å². The van der Waals surface area contributed by atoms with Gasteiger partial charge >= 0.3 is 0 Å². The van der Waals surface area contributed by atoms with Crippen molar-refractivity contribution >= 4 is 11.0 Å². The van der Waals surface area contributed by atoms with Gasteiger partial charge in [-0.15, -0.1) is 0 Å². The number of hydrogen-bond donors (Lipinski definition) is 0. The molecular formula is C20H12F2N2O2. The molecule has 1 heterocycles. The van der Waals surface area contributed by atoms with E-state index in [1.807, 2.05) is 12.1 Å². The molecule has 4 aromatic rings. The van der Waals surface area contributed by atoms with Crippen LogP contribution in [0.15, 0.2) is 72.8 Å². The molecule has 4 rings (SSSR count). The summed E-state index contributed by atoms with van der Waals surface area (Å²) in [6.07, 6.45) is 0. The predicted molar refractivity (Wildman–Crippen MR) is 92.5 cm³/mol. The molecular weight excluding hydrogens is 338 g/mol. The molecule has 6 heteroatoms. The third kappa shape index (κ3) is 3.44. The lowest BCUT2D eigenvalue weighted by Crippen LogP contribution is -1.97. The summed E-state index contributed by atoms with van der Waals surface area (Å²) in [4.78, 5) is 8.86. The van der Waals surface area contributed by atoms with Crippen molar-refractivity contribution in [1.82, 2.24) is 9.97 Å². The second kappa shape index (κ2) is 6.76. The fourth-order valence-electron chi connectivity index (χ4n) is 2.33. The summed E-state index contributed by atoms with van der Waals surface area (Å²) in [5.74, 6) is 0.286. The second-order valence-electron chi connectivity index (χ2n) is 5.43. The van der Waals surface area contributed by atoms with Crippen LogP contribution in [0.5, 0.6) is 23.3 Å². The van der Waals surface area contributed by atoms with E-state index >= 15 is 0 Å². The molecule has 0 aliphatic heterocycles. The highest BCUT2D eigenvalue weighted by molar-refractivity contribution is 5.75. The number of benzene rings is 3. The summed E-state index contributed by atoms with van der Waals surface area (Å²) in [5.41, 5.74) is 1.24. The van der Waals surface area contributed by atoms with Crippen LogP contribution in [0.3, 0.4) is 0 Å². The largest absolute Gasteiger partial charge is 0.435 e. The topological polar surface area (TPSA) is 44.2 Å². The highest BCUT2D eigenvalue weighted by atomic mass is 19.1. The van der Waals surface area contributed by atoms with Gasteiger partial charge in [-0.1, -0.05) is 12.1 Å². The Balaban J connectivity index is 1.75. The van der Waals surface area contributed by atoms with Crippen molar-refractivity contribution in [3.8, 4) is 23.3 Å². The highest BCUT2D eigenvalue weighted by Crippen LogP contribution is 2.33. The van der Waals surface area contributed by atoms with E-state index in [2.05, 4.69) is 9.97 Å². The summed E-state index contributed by atoms with van der Waals surface area (Å²) in [7, 11) is 0. The Hall–Kier alpha value is -3.54.